The van der Waals surface area contributed by atoms with Crippen molar-refractivity contribution in [2.75, 3.05) is 12.5 Å². The standard InChI is InChI=1S/C8H10N4O2/c1-6(8(13)14-2)11-12-7-5-9-3-4-10-7/h3-5H,1-2H3,(H,10,12)/b11-6+. The zero-order valence-electron chi connectivity index (χ0n) is 7.89. The second-order valence-electron chi connectivity index (χ2n) is 2.39. The number of nitrogens with one attached hydrogen (secondary N) is 1. The number of rotatable bonds is 3. The van der Waals surface area contributed by atoms with Gasteiger partial charge in [0.05, 0.1) is 13.3 Å². The number of aromatic nitrogens is 2. The average Bonchev–Trinajstić information content (AvgIpc) is 2.26. The van der Waals surface area contributed by atoms with Crippen LogP contribution in [0.15, 0.2) is 23.7 Å². The van der Waals surface area contributed by atoms with Crippen molar-refractivity contribution in [2.45, 2.75) is 6.92 Å². The number of hydrazone groups is 1. The molecule has 1 aromatic rings. The highest BCUT2D eigenvalue weighted by molar-refractivity contribution is 6.35. The zero-order chi connectivity index (χ0) is 10.4. The van der Waals surface area contributed by atoms with Gasteiger partial charge in [0.15, 0.2) is 5.82 Å². The molecule has 1 heterocycles. The Morgan fingerprint density at radius 2 is 2.36 bits per heavy atom. The van der Waals surface area contributed by atoms with Crippen LogP contribution in [-0.4, -0.2) is 28.8 Å². The van der Waals surface area contributed by atoms with Gasteiger partial charge in [-0.1, -0.05) is 0 Å². The third-order valence-corrected chi connectivity index (χ3v) is 1.38. The van der Waals surface area contributed by atoms with Gasteiger partial charge in [-0.15, -0.1) is 0 Å². The number of anilines is 1. The van der Waals surface area contributed by atoms with Crippen molar-refractivity contribution >= 4 is 17.5 Å². The Labute approximate surface area is 81.0 Å². The fourth-order valence-corrected chi connectivity index (χ4v) is 0.691. The Balaban J connectivity index is 2.59. The number of hydrogen-bond donors (Lipinski definition) is 1. The maximum atomic E-state index is 10.9. The highest BCUT2D eigenvalue weighted by Gasteiger charge is 2.03. The van der Waals surface area contributed by atoms with Crippen molar-refractivity contribution in [3.63, 3.8) is 0 Å². The summed E-state index contributed by atoms with van der Waals surface area (Å²) in [4.78, 5) is 18.6. The van der Waals surface area contributed by atoms with E-state index in [4.69, 9.17) is 0 Å². The maximum Gasteiger partial charge on any atom is 0.353 e. The Bertz CT molecular complexity index is 336. The summed E-state index contributed by atoms with van der Waals surface area (Å²) >= 11 is 0. The number of hydrogen-bond acceptors (Lipinski definition) is 6. The number of esters is 1. The van der Waals surface area contributed by atoms with Crippen LogP contribution >= 0.6 is 0 Å². The van der Waals surface area contributed by atoms with E-state index in [9.17, 15) is 4.79 Å². The van der Waals surface area contributed by atoms with Gasteiger partial charge in [-0.25, -0.2) is 9.78 Å². The molecule has 0 radical (unpaired) electrons. The number of ether oxygens (including phenoxy) is 1. The Hall–Kier alpha value is -1.98. The van der Waals surface area contributed by atoms with Gasteiger partial charge >= 0.3 is 5.97 Å². The molecule has 6 nitrogen and oxygen atoms in total. The van der Waals surface area contributed by atoms with Crippen molar-refractivity contribution in [1.29, 1.82) is 0 Å². The Morgan fingerprint density at radius 3 is 2.93 bits per heavy atom. The topological polar surface area (TPSA) is 76.5 Å². The molecule has 0 aliphatic rings. The molecule has 0 aliphatic heterocycles. The molecule has 0 fully saturated rings. The van der Waals surface area contributed by atoms with Crippen molar-refractivity contribution in [3.8, 4) is 0 Å². The summed E-state index contributed by atoms with van der Waals surface area (Å²) in [6, 6.07) is 0. The third kappa shape index (κ3) is 2.81. The fourth-order valence-electron chi connectivity index (χ4n) is 0.691. The highest BCUT2D eigenvalue weighted by atomic mass is 16.5. The molecule has 0 amide bonds. The molecule has 1 aromatic heterocycles. The van der Waals surface area contributed by atoms with E-state index in [1.807, 2.05) is 0 Å². The van der Waals surface area contributed by atoms with E-state index >= 15 is 0 Å². The van der Waals surface area contributed by atoms with Gasteiger partial charge < -0.3 is 4.74 Å². The second kappa shape index (κ2) is 4.90. The number of methoxy groups -OCH3 is 1. The Morgan fingerprint density at radius 1 is 1.57 bits per heavy atom. The second-order valence-corrected chi connectivity index (χ2v) is 2.39. The average molecular weight is 194 g/mol. The van der Waals surface area contributed by atoms with Crippen LogP contribution in [0.5, 0.6) is 0 Å². The minimum absolute atomic E-state index is 0.221. The first-order valence-electron chi connectivity index (χ1n) is 3.88. The summed E-state index contributed by atoms with van der Waals surface area (Å²) in [7, 11) is 1.30. The highest BCUT2D eigenvalue weighted by Crippen LogP contribution is 1.96. The van der Waals surface area contributed by atoms with Crippen LogP contribution in [0.25, 0.3) is 0 Å². The van der Waals surface area contributed by atoms with Crippen molar-refractivity contribution in [3.05, 3.63) is 18.6 Å². The lowest BCUT2D eigenvalue weighted by atomic mass is 10.4. The monoisotopic (exact) mass is 194 g/mol. The summed E-state index contributed by atoms with van der Waals surface area (Å²) < 4.78 is 4.45. The first-order valence-corrected chi connectivity index (χ1v) is 3.88. The smallest absolute Gasteiger partial charge is 0.353 e. The fraction of sp³-hybridized carbons (Fsp3) is 0.250. The quantitative estimate of drug-likeness (QED) is 0.429. The van der Waals surface area contributed by atoms with Gasteiger partial charge in [-0.05, 0) is 6.92 Å². The van der Waals surface area contributed by atoms with E-state index in [1.165, 1.54) is 26.4 Å². The summed E-state index contributed by atoms with van der Waals surface area (Å²) in [5.41, 5.74) is 2.79. The van der Waals surface area contributed by atoms with E-state index < -0.39 is 5.97 Å². The zero-order valence-corrected chi connectivity index (χ0v) is 7.89. The predicted octanol–water partition coefficient (Wildman–Crippen LogP) is 0.437. The van der Waals surface area contributed by atoms with Gasteiger partial charge in [-0.3, -0.25) is 10.4 Å². The van der Waals surface area contributed by atoms with Crippen molar-refractivity contribution in [2.24, 2.45) is 5.10 Å². The van der Waals surface area contributed by atoms with Gasteiger partial charge in [0.2, 0.25) is 0 Å². The van der Waals surface area contributed by atoms with Crippen LogP contribution in [0.3, 0.4) is 0 Å². The van der Waals surface area contributed by atoms with Crippen LogP contribution < -0.4 is 5.43 Å². The molecule has 0 saturated carbocycles. The van der Waals surface area contributed by atoms with Gasteiger partial charge in [0, 0.05) is 12.4 Å². The minimum atomic E-state index is -0.485. The molecule has 0 aromatic carbocycles. The molecule has 0 bridgehead atoms. The molecule has 0 saturated heterocycles. The maximum absolute atomic E-state index is 10.9. The van der Waals surface area contributed by atoms with Crippen LogP contribution in [0.1, 0.15) is 6.92 Å². The molecule has 0 aliphatic carbocycles. The molecule has 0 unspecified atom stereocenters. The van der Waals surface area contributed by atoms with Crippen LogP contribution in [-0.2, 0) is 9.53 Å². The van der Waals surface area contributed by atoms with Gasteiger partial charge in [-0.2, -0.15) is 5.10 Å². The summed E-state index contributed by atoms with van der Waals surface area (Å²) in [5, 5.41) is 3.75. The first-order chi connectivity index (χ1) is 6.74. The van der Waals surface area contributed by atoms with E-state index in [0.717, 1.165) is 0 Å². The number of carbonyl (C=O) groups excluding carboxylic acids is 1. The number of carbonyl (C=O) groups is 1. The molecule has 1 rings (SSSR count). The lowest BCUT2D eigenvalue weighted by Crippen LogP contribution is -2.13. The minimum Gasteiger partial charge on any atom is -0.464 e. The molecule has 0 atom stereocenters. The van der Waals surface area contributed by atoms with Gasteiger partial charge in [0.25, 0.3) is 0 Å². The lowest BCUT2D eigenvalue weighted by Gasteiger charge is -1.99. The van der Waals surface area contributed by atoms with Crippen molar-refractivity contribution < 1.29 is 9.53 Å². The van der Waals surface area contributed by atoms with Gasteiger partial charge in [0.1, 0.15) is 5.71 Å². The van der Waals surface area contributed by atoms with Crippen LogP contribution in [0.4, 0.5) is 5.82 Å². The normalized spacial score (nSPS) is 10.9. The van der Waals surface area contributed by atoms with E-state index in [-0.39, 0.29) is 5.71 Å². The van der Waals surface area contributed by atoms with Crippen molar-refractivity contribution in [1.82, 2.24) is 9.97 Å². The summed E-state index contributed by atoms with van der Waals surface area (Å²) in [6.45, 7) is 1.54. The molecular formula is C8H10N4O2. The van der Waals surface area contributed by atoms with E-state index in [0.29, 0.717) is 5.82 Å². The predicted molar refractivity (Wildman–Crippen MR) is 50.8 cm³/mol. The van der Waals surface area contributed by atoms with E-state index in [1.54, 1.807) is 6.20 Å². The van der Waals surface area contributed by atoms with Crippen LogP contribution in [0, 0.1) is 0 Å². The third-order valence-electron chi connectivity index (χ3n) is 1.38. The summed E-state index contributed by atoms with van der Waals surface area (Å²) in [5.74, 6) is -0.0165. The van der Waals surface area contributed by atoms with E-state index in [2.05, 4.69) is 25.2 Å². The molecule has 0 spiro atoms. The van der Waals surface area contributed by atoms with Crippen LogP contribution in [0.2, 0.25) is 0 Å². The molecule has 1 N–H and O–H groups in total. The molecule has 74 valence electrons. The Kier molecular flexibility index (Phi) is 3.54. The molecule has 14 heavy (non-hydrogen) atoms. The SMILES string of the molecule is COC(=O)/C(C)=N/Nc1cnccn1. The molecular weight excluding hydrogens is 184 g/mol. The molecule has 6 heteroatoms. The lowest BCUT2D eigenvalue weighted by molar-refractivity contribution is -0.132. The summed E-state index contributed by atoms with van der Waals surface area (Å²) in [6.07, 6.45) is 4.56. The largest absolute Gasteiger partial charge is 0.464 e. The number of nitrogens with zero attached hydrogens (tertiary/aromatic N) is 3. The first kappa shape index (κ1) is 10.1.